The quantitative estimate of drug-likeness (QED) is 0.246. The summed E-state index contributed by atoms with van der Waals surface area (Å²) in [7, 11) is 1.39. The first-order chi connectivity index (χ1) is 19.0. The molecule has 0 aliphatic carbocycles. The van der Waals surface area contributed by atoms with Gasteiger partial charge in [-0.2, -0.15) is 0 Å². The monoisotopic (exact) mass is 597 g/mol. The zero-order chi connectivity index (χ0) is 27.4. The summed E-state index contributed by atoms with van der Waals surface area (Å²) in [4.78, 5) is 35.1. The molecule has 1 atom stereocenters. The number of amides is 2. The standard InChI is InChI=1S/C28H29BrFN5O4/c1-38-27-19(30)6-2-7-21(27)34-26-24-20(10-13-32-28(24)37)33-25(26)18-9-12-31-15-22(18)39-16-17-5-4-14-35(17)23(36)8-3-11-29/h2-3,6-9,12,15,17,33-34H,4-5,10-11,13-14,16H2,1H3,(H,32,37)/b8-3+. The van der Waals surface area contributed by atoms with E-state index in [4.69, 9.17) is 9.47 Å². The molecular formula is C28H29BrFN5O4. The maximum absolute atomic E-state index is 14.5. The summed E-state index contributed by atoms with van der Waals surface area (Å²) in [5.41, 5.74) is 3.38. The normalized spacial score (nSPS) is 16.7. The summed E-state index contributed by atoms with van der Waals surface area (Å²) in [6.07, 6.45) is 8.98. The number of hydrogen-bond acceptors (Lipinski definition) is 6. The Labute approximate surface area is 233 Å². The number of ether oxygens (including phenoxy) is 2. The molecule has 204 valence electrons. The van der Waals surface area contributed by atoms with Crippen LogP contribution >= 0.6 is 15.9 Å². The second-order valence-corrected chi connectivity index (χ2v) is 9.89. The maximum atomic E-state index is 14.5. The number of aromatic nitrogens is 2. The van der Waals surface area contributed by atoms with Gasteiger partial charge in [0.2, 0.25) is 5.91 Å². The lowest BCUT2D eigenvalue weighted by molar-refractivity contribution is -0.127. The molecule has 1 fully saturated rings. The van der Waals surface area contributed by atoms with Crippen molar-refractivity contribution in [2.24, 2.45) is 0 Å². The molecular weight excluding hydrogens is 569 g/mol. The predicted octanol–water partition coefficient (Wildman–Crippen LogP) is 4.57. The van der Waals surface area contributed by atoms with Gasteiger partial charge in [-0.1, -0.05) is 28.1 Å². The Balaban J connectivity index is 1.49. The van der Waals surface area contributed by atoms with Crippen molar-refractivity contribution in [3.05, 3.63) is 65.9 Å². The molecule has 1 saturated heterocycles. The van der Waals surface area contributed by atoms with Gasteiger partial charge in [-0.25, -0.2) is 4.39 Å². The number of methoxy groups -OCH3 is 1. The van der Waals surface area contributed by atoms with Crippen molar-refractivity contribution in [2.45, 2.75) is 25.3 Å². The number of allylic oxidation sites excluding steroid dienone is 1. The number of halogens is 2. The van der Waals surface area contributed by atoms with E-state index in [1.54, 1.807) is 42.7 Å². The number of nitrogens with zero attached hydrogens (tertiary/aromatic N) is 2. The second kappa shape index (κ2) is 11.9. The second-order valence-electron chi connectivity index (χ2n) is 9.25. The van der Waals surface area contributed by atoms with Gasteiger partial charge in [0.05, 0.1) is 42.0 Å². The van der Waals surface area contributed by atoms with E-state index in [0.717, 1.165) is 18.5 Å². The fourth-order valence-electron chi connectivity index (χ4n) is 5.08. The third-order valence-electron chi connectivity index (χ3n) is 6.89. The molecule has 1 aromatic carbocycles. The maximum Gasteiger partial charge on any atom is 0.255 e. The van der Waals surface area contributed by atoms with E-state index < -0.39 is 5.82 Å². The molecule has 2 amide bonds. The van der Waals surface area contributed by atoms with E-state index in [1.807, 2.05) is 4.90 Å². The molecule has 4 heterocycles. The van der Waals surface area contributed by atoms with Crippen LogP contribution in [0.3, 0.4) is 0 Å². The van der Waals surface area contributed by atoms with E-state index in [2.05, 4.69) is 36.5 Å². The molecule has 2 aliphatic heterocycles. The number of benzene rings is 1. The lowest BCUT2D eigenvalue weighted by Gasteiger charge is -2.24. The lowest BCUT2D eigenvalue weighted by Crippen LogP contribution is -2.38. The van der Waals surface area contributed by atoms with Crippen LogP contribution in [0.2, 0.25) is 0 Å². The summed E-state index contributed by atoms with van der Waals surface area (Å²) in [5, 5.41) is 6.73. The van der Waals surface area contributed by atoms with Crippen molar-refractivity contribution < 1.29 is 23.5 Å². The minimum atomic E-state index is -0.521. The van der Waals surface area contributed by atoms with Crippen molar-refractivity contribution in [2.75, 3.05) is 37.5 Å². The topological polar surface area (TPSA) is 109 Å². The van der Waals surface area contributed by atoms with E-state index in [-0.39, 0.29) is 23.6 Å². The number of hydrogen-bond donors (Lipinski definition) is 3. The molecule has 2 aromatic heterocycles. The smallest absolute Gasteiger partial charge is 0.255 e. The molecule has 1 unspecified atom stereocenters. The number of pyridine rings is 1. The summed E-state index contributed by atoms with van der Waals surface area (Å²) >= 11 is 3.31. The van der Waals surface area contributed by atoms with Crippen LogP contribution in [0.25, 0.3) is 11.3 Å². The average Bonchev–Trinajstić information content (AvgIpc) is 3.56. The molecule has 3 N–H and O–H groups in total. The Kier molecular flexibility index (Phi) is 8.16. The molecule has 9 nitrogen and oxygen atoms in total. The zero-order valence-corrected chi connectivity index (χ0v) is 23.0. The number of nitrogens with one attached hydrogen (secondary N) is 3. The van der Waals surface area contributed by atoms with Crippen LogP contribution in [0.15, 0.2) is 48.8 Å². The van der Waals surface area contributed by atoms with Crippen LogP contribution in [0.1, 0.15) is 28.9 Å². The van der Waals surface area contributed by atoms with Gasteiger partial charge in [0.15, 0.2) is 11.6 Å². The number of carbonyl (C=O) groups excluding carboxylic acids is 2. The fourth-order valence-corrected chi connectivity index (χ4v) is 5.27. The minimum absolute atomic E-state index is 0.0365. The highest BCUT2D eigenvalue weighted by Gasteiger charge is 2.31. The molecule has 5 rings (SSSR count). The number of rotatable bonds is 9. The number of alkyl halides is 1. The SMILES string of the molecule is COc1c(F)cccc1Nc1c(-c2ccncc2OCC2CCCN2C(=O)/C=C/CBr)[nH]c2c1C(=O)NCC2. The third kappa shape index (κ3) is 5.49. The number of para-hydroxylation sites is 1. The van der Waals surface area contributed by atoms with Crippen molar-refractivity contribution >= 4 is 39.1 Å². The van der Waals surface area contributed by atoms with Crippen LogP contribution in [0.4, 0.5) is 15.8 Å². The fraction of sp³-hybridized carbons (Fsp3) is 0.321. The summed E-state index contributed by atoms with van der Waals surface area (Å²) in [6, 6.07) is 6.30. The zero-order valence-electron chi connectivity index (χ0n) is 21.4. The number of aromatic amines is 1. The van der Waals surface area contributed by atoms with Gasteiger partial charge >= 0.3 is 0 Å². The first-order valence-corrected chi connectivity index (χ1v) is 13.9. The molecule has 2 aliphatic rings. The van der Waals surface area contributed by atoms with Crippen molar-refractivity contribution in [3.8, 4) is 22.8 Å². The molecule has 0 saturated carbocycles. The number of fused-ring (bicyclic) bond motifs is 1. The molecule has 39 heavy (non-hydrogen) atoms. The van der Waals surface area contributed by atoms with Gasteiger partial charge in [-0.05, 0) is 37.1 Å². The Morgan fingerprint density at radius 2 is 2.23 bits per heavy atom. The highest BCUT2D eigenvalue weighted by atomic mass is 79.9. The minimum Gasteiger partial charge on any atom is -0.492 e. The van der Waals surface area contributed by atoms with E-state index >= 15 is 0 Å². The first kappa shape index (κ1) is 26.7. The van der Waals surface area contributed by atoms with Crippen LogP contribution in [-0.2, 0) is 11.2 Å². The van der Waals surface area contributed by atoms with Gasteiger partial charge in [0.1, 0.15) is 12.4 Å². The van der Waals surface area contributed by atoms with Crippen LogP contribution in [-0.4, -0.2) is 64.9 Å². The molecule has 0 bridgehead atoms. The molecule has 0 radical (unpaired) electrons. The van der Waals surface area contributed by atoms with E-state index in [0.29, 0.717) is 65.4 Å². The predicted molar refractivity (Wildman–Crippen MR) is 149 cm³/mol. The van der Waals surface area contributed by atoms with Gasteiger partial charge in [-0.3, -0.25) is 14.6 Å². The Bertz CT molecular complexity index is 1410. The summed E-state index contributed by atoms with van der Waals surface area (Å²) in [5.74, 6) is -0.246. The first-order valence-electron chi connectivity index (χ1n) is 12.7. The lowest BCUT2D eigenvalue weighted by atomic mass is 10.0. The number of likely N-dealkylation sites (tertiary alicyclic amines) is 1. The van der Waals surface area contributed by atoms with Gasteiger partial charge in [0, 0.05) is 42.3 Å². The highest BCUT2D eigenvalue weighted by Crippen LogP contribution is 2.42. The highest BCUT2D eigenvalue weighted by molar-refractivity contribution is 9.09. The van der Waals surface area contributed by atoms with Crippen LogP contribution in [0, 0.1) is 5.82 Å². The number of anilines is 2. The molecule has 0 spiro atoms. The van der Waals surface area contributed by atoms with Gasteiger partial charge < -0.3 is 30.0 Å². The summed E-state index contributed by atoms with van der Waals surface area (Å²) < 4.78 is 26.0. The van der Waals surface area contributed by atoms with Gasteiger partial charge in [-0.15, -0.1) is 0 Å². The van der Waals surface area contributed by atoms with Crippen molar-refractivity contribution in [1.82, 2.24) is 20.2 Å². The van der Waals surface area contributed by atoms with Crippen molar-refractivity contribution in [1.29, 1.82) is 0 Å². The van der Waals surface area contributed by atoms with Crippen LogP contribution < -0.4 is 20.1 Å². The molecule has 3 aromatic rings. The average molecular weight is 598 g/mol. The molecule has 11 heteroatoms. The van der Waals surface area contributed by atoms with Crippen molar-refractivity contribution in [3.63, 3.8) is 0 Å². The summed E-state index contributed by atoms with van der Waals surface area (Å²) in [6.45, 7) is 1.48. The number of carbonyl (C=O) groups is 2. The Hall–Kier alpha value is -3.86. The Morgan fingerprint density at radius 3 is 3.05 bits per heavy atom. The van der Waals surface area contributed by atoms with Gasteiger partial charge in [0.25, 0.3) is 5.91 Å². The number of H-pyrrole nitrogens is 1. The van der Waals surface area contributed by atoms with E-state index in [1.165, 1.54) is 13.2 Å². The third-order valence-corrected chi connectivity index (χ3v) is 7.26. The van der Waals surface area contributed by atoms with E-state index in [9.17, 15) is 14.0 Å². The Morgan fingerprint density at radius 1 is 1.36 bits per heavy atom. The van der Waals surface area contributed by atoms with Crippen LogP contribution in [0.5, 0.6) is 11.5 Å². The largest absolute Gasteiger partial charge is 0.492 e.